The molecule has 1 N–H and O–H groups in total. The first-order valence-corrected chi connectivity index (χ1v) is 9.71. The van der Waals surface area contributed by atoms with Crippen LogP contribution in [0, 0.1) is 0 Å². The molecule has 1 aliphatic heterocycles. The van der Waals surface area contributed by atoms with Crippen LogP contribution in [0.4, 0.5) is 0 Å². The van der Waals surface area contributed by atoms with Gasteiger partial charge in [-0.25, -0.2) is 0 Å². The standard InChI is InChI=1S/C22H25ClN2O3/c1-27-20-8-6-18(7-9-20)21(25-11-13-28-14-12-25)16-24-22(26)10-5-17-3-2-4-19(23)15-17/h2-10,15,21H,11-14,16H2,1H3,(H,24,26)/b10-5+. The molecule has 1 unspecified atom stereocenters. The molecule has 0 saturated carbocycles. The van der Waals surface area contributed by atoms with Gasteiger partial charge in [0.25, 0.3) is 0 Å². The fraction of sp³-hybridized carbons (Fsp3) is 0.318. The van der Waals surface area contributed by atoms with E-state index < -0.39 is 0 Å². The van der Waals surface area contributed by atoms with Crippen molar-refractivity contribution < 1.29 is 14.3 Å². The summed E-state index contributed by atoms with van der Waals surface area (Å²) in [7, 11) is 1.65. The first-order chi connectivity index (χ1) is 13.7. The van der Waals surface area contributed by atoms with E-state index in [-0.39, 0.29) is 11.9 Å². The van der Waals surface area contributed by atoms with Gasteiger partial charge in [0.15, 0.2) is 0 Å². The minimum absolute atomic E-state index is 0.0818. The lowest BCUT2D eigenvalue weighted by Crippen LogP contribution is -2.43. The Kier molecular flexibility index (Phi) is 7.48. The molecule has 3 rings (SSSR count). The van der Waals surface area contributed by atoms with E-state index in [0.717, 1.165) is 30.0 Å². The fourth-order valence-corrected chi connectivity index (χ4v) is 3.41. The Bertz CT molecular complexity index is 802. The number of hydrogen-bond donors (Lipinski definition) is 1. The molecule has 1 heterocycles. The Morgan fingerprint density at radius 2 is 2.00 bits per heavy atom. The van der Waals surface area contributed by atoms with Crippen molar-refractivity contribution in [2.24, 2.45) is 0 Å². The number of ether oxygens (including phenoxy) is 2. The first-order valence-electron chi connectivity index (χ1n) is 9.33. The van der Waals surface area contributed by atoms with Gasteiger partial charge in [0.05, 0.1) is 26.4 Å². The Morgan fingerprint density at radius 3 is 2.68 bits per heavy atom. The van der Waals surface area contributed by atoms with Gasteiger partial charge < -0.3 is 14.8 Å². The summed E-state index contributed by atoms with van der Waals surface area (Å²) in [6.45, 7) is 3.60. The number of amides is 1. The number of methoxy groups -OCH3 is 1. The molecule has 0 aliphatic carbocycles. The zero-order valence-electron chi connectivity index (χ0n) is 15.9. The molecule has 2 aromatic rings. The van der Waals surface area contributed by atoms with Gasteiger partial charge in [-0.2, -0.15) is 0 Å². The van der Waals surface area contributed by atoms with Gasteiger partial charge >= 0.3 is 0 Å². The molecule has 1 saturated heterocycles. The second kappa shape index (κ2) is 10.3. The molecule has 1 atom stereocenters. The fourth-order valence-electron chi connectivity index (χ4n) is 3.21. The van der Waals surface area contributed by atoms with Crippen molar-refractivity contribution in [3.8, 4) is 5.75 Å². The maximum atomic E-state index is 12.3. The molecule has 1 aliphatic rings. The lowest BCUT2D eigenvalue weighted by atomic mass is 10.0. The number of nitrogens with zero attached hydrogens (tertiary/aromatic N) is 1. The van der Waals surface area contributed by atoms with Gasteiger partial charge in [0.1, 0.15) is 5.75 Å². The summed E-state index contributed by atoms with van der Waals surface area (Å²) < 4.78 is 10.7. The molecule has 0 aromatic heterocycles. The summed E-state index contributed by atoms with van der Waals surface area (Å²) in [5.41, 5.74) is 2.03. The van der Waals surface area contributed by atoms with E-state index >= 15 is 0 Å². The Morgan fingerprint density at radius 1 is 1.25 bits per heavy atom. The number of rotatable bonds is 7. The summed E-state index contributed by atoms with van der Waals surface area (Å²) in [5.74, 6) is 0.685. The monoisotopic (exact) mass is 400 g/mol. The van der Waals surface area contributed by atoms with Crippen LogP contribution in [0.5, 0.6) is 5.75 Å². The van der Waals surface area contributed by atoms with Crippen molar-refractivity contribution in [1.29, 1.82) is 0 Å². The lowest BCUT2D eigenvalue weighted by Gasteiger charge is -2.34. The van der Waals surface area contributed by atoms with E-state index in [1.807, 2.05) is 42.5 Å². The van der Waals surface area contributed by atoms with E-state index in [9.17, 15) is 4.79 Å². The highest BCUT2D eigenvalue weighted by molar-refractivity contribution is 6.30. The summed E-state index contributed by atoms with van der Waals surface area (Å²) in [6.07, 6.45) is 3.30. The van der Waals surface area contributed by atoms with Crippen molar-refractivity contribution in [2.45, 2.75) is 6.04 Å². The molecule has 28 heavy (non-hydrogen) atoms. The smallest absolute Gasteiger partial charge is 0.244 e. The van der Waals surface area contributed by atoms with Crippen LogP contribution < -0.4 is 10.1 Å². The Labute approximate surface area is 170 Å². The van der Waals surface area contributed by atoms with Crippen molar-refractivity contribution in [2.75, 3.05) is 40.0 Å². The predicted molar refractivity (Wildman–Crippen MR) is 112 cm³/mol. The molecule has 5 nitrogen and oxygen atoms in total. The molecule has 0 bridgehead atoms. The average Bonchev–Trinajstić information content (AvgIpc) is 2.74. The van der Waals surface area contributed by atoms with Gasteiger partial charge in [-0.3, -0.25) is 9.69 Å². The highest BCUT2D eigenvalue weighted by Crippen LogP contribution is 2.23. The second-order valence-electron chi connectivity index (χ2n) is 6.57. The van der Waals surface area contributed by atoms with Gasteiger partial charge in [0.2, 0.25) is 5.91 Å². The molecule has 1 fully saturated rings. The average molecular weight is 401 g/mol. The maximum Gasteiger partial charge on any atom is 0.244 e. The maximum absolute atomic E-state index is 12.3. The molecule has 2 aromatic carbocycles. The summed E-state index contributed by atoms with van der Waals surface area (Å²) >= 11 is 5.98. The van der Waals surface area contributed by atoms with E-state index in [4.69, 9.17) is 21.1 Å². The first kappa shape index (κ1) is 20.4. The number of nitrogens with one attached hydrogen (secondary N) is 1. The molecular weight excluding hydrogens is 376 g/mol. The van der Waals surface area contributed by atoms with E-state index in [0.29, 0.717) is 24.8 Å². The van der Waals surface area contributed by atoms with Crippen LogP contribution in [-0.2, 0) is 9.53 Å². The number of carbonyl (C=O) groups excluding carboxylic acids is 1. The zero-order valence-corrected chi connectivity index (χ0v) is 16.7. The topological polar surface area (TPSA) is 50.8 Å². The Hall–Kier alpha value is -2.34. The van der Waals surface area contributed by atoms with Gasteiger partial charge in [0, 0.05) is 30.7 Å². The third-order valence-corrected chi connectivity index (χ3v) is 4.97. The minimum Gasteiger partial charge on any atom is -0.497 e. The van der Waals surface area contributed by atoms with Crippen molar-refractivity contribution in [1.82, 2.24) is 10.2 Å². The van der Waals surface area contributed by atoms with Crippen LogP contribution >= 0.6 is 11.6 Å². The molecule has 0 spiro atoms. The summed E-state index contributed by atoms with van der Waals surface area (Å²) in [6, 6.07) is 15.5. The third-order valence-electron chi connectivity index (χ3n) is 4.73. The van der Waals surface area contributed by atoms with Crippen molar-refractivity contribution in [3.63, 3.8) is 0 Å². The second-order valence-corrected chi connectivity index (χ2v) is 7.01. The van der Waals surface area contributed by atoms with Crippen molar-refractivity contribution in [3.05, 3.63) is 70.8 Å². The number of morpholine rings is 1. The number of carbonyl (C=O) groups is 1. The summed E-state index contributed by atoms with van der Waals surface area (Å²) in [5, 5.41) is 3.67. The zero-order chi connectivity index (χ0) is 19.8. The van der Waals surface area contributed by atoms with Crippen LogP contribution in [0.1, 0.15) is 17.2 Å². The van der Waals surface area contributed by atoms with E-state index in [1.54, 1.807) is 19.3 Å². The van der Waals surface area contributed by atoms with Crippen LogP contribution in [0.25, 0.3) is 6.08 Å². The largest absolute Gasteiger partial charge is 0.497 e. The summed E-state index contributed by atoms with van der Waals surface area (Å²) in [4.78, 5) is 14.7. The highest BCUT2D eigenvalue weighted by Gasteiger charge is 2.23. The van der Waals surface area contributed by atoms with Crippen LogP contribution in [-0.4, -0.2) is 50.8 Å². The normalized spacial score (nSPS) is 16.1. The number of hydrogen-bond acceptors (Lipinski definition) is 4. The van der Waals surface area contributed by atoms with Gasteiger partial charge in [-0.05, 0) is 41.5 Å². The molecule has 6 heteroatoms. The highest BCUT2D eigenvalue weighted by atomic mass is 35.5. The molecular formula is C22H25ClN2O3. The van der Waals surface area contributed by atoms with Gasteiger partial charge in [-0.15, -0.1) is 0 Å². The molecule has 148 valence electrons. The SMILES string of the molecule is COc1ccc(C(CNC(=O)/C=C/c2cccc(Cl)c2)N2CCOCC2)cc1. The minimum atomic E-state index is -0.133. The van der Waals surface area contributed by atoms with E-state index in [1.165, 1.54) is 6.08 Å². The lowest BCUT2D eigenvalue weighted by molar-refractivity contribution is -0.116. The van der Waals surface area contributed by atoms with Crippen molar-refractivity contribution >= 4 is 23.6 Å². The van der Waals surface area contributed by atoms with Crippen LogP contribution in [0.3, 0.4) is 0 Å². The Balaban J connectivity index is 1.65. The molecule has 0 radical (unpaired) electrons. The predicted octanol–water partition coefficient (Wildman–Crippen LogP) is 3.55. The quantitative estimate of drug-likeness (QED) is 0.722. The van der Waals surface area contributed by atoms with Crippen LogP contribution in [0.15, 0.2) is 54.6 Å². The number of halogens is 1. The third kappa shape index (κ3) is 5.83. The van der Waals surface area contributed by atoms with Gasteiger partial charge in [-0.1, -0.05) is 35.9 Å². The van der Waals surface area contributed by atoms with E-state index in [2.05, 4.69) is 10.2 Å². The van der Waals surface area contributed by atoms with Crippen LogP contribution in [0.2, 0.25) is 5.02 Å². The number of benzene rings is 2. The molecule has 1 amide bonds.